The van der Waals surface area contributed by atoms with Crippen LogP contribution in [0.3, 0.4) is 0 Å². The van der Waals surface area contributed by atoms with Gasteiger partial charge in [-0.25, -0.2) is 0 Å². The quantitative estimate of drug-likeness (QED) is 0.540. The molecular weight excluding hydrogens is 312 g/mol. The van der Waals surface area contributed by atoms with Gasteiger partial charge in [-0.1, -0.05) is 72.1 Å². The molecule has 2 saturated heterocycles. The van der Waals surface area contributed by atoms with Crippen LogP contribution in [0.2, 0.25) is 0 Å². The predicted molar refractivity (Wildman–Crippen MR) is 102 cm³/mol. The van der Waals surface area contributed by atoms with Crippen molar-refractivity contribution in [3.05, 3.63) is 0 Å². The molecule has 1 saturated carbocycles. The molecule has 3 rings (SSSR count). The summed E-state index contributed by atoms with van der Waals surface area (Å²) in [6, 6.07) is 0.330. The van der Waals surface area contributed by atoms with Crippen molar-refractivity contribution in [1.29, 1.82) is 0 Å². The van der Waals surface area contributed by atoms with Gasteiger partial charge in [0.2, 0.25) is 11.8 Å². The van der Waals surface area contributed by atoms with Crippen molar-refractivity contribution in [1.82, 2.24) is 10.6 Å². The molecule has 2 aliphatic heterocycles. The average molecular weight is 351 g/mol. The molecule has 0 aromatic carbocycles. The summed E-state index contributed by atoms with van der Waals surface area (Å²) in [5.41, 5.74) is -1.03. The summed E-state index contributed by atoms with van der Waals surface area (Å²) in [4.78, 5) is 25.1. The third-order valence-electron chi connectivity index (χ3n) is 6.23. The monoisotopic (exact) mass is 350 g/mol. The van der Waals surface area contributed by atoms with Gasteiger partial charge in [0.25, 0.3) is 0 Å². The topological polar surface area (TPSA) is 58.2 Å². The van der Waals surface area contributed by atoms with Gasteiger partial charge < -0.3 is 10.6 Å². The van der Waals surface area contributed by atoms with Gasteiger partial charge in [-0.2, -0.15) is 0 Å². The summed E-state index contributed by atoms with van der Waals surface area (Å²) in [5.74, 6) is 0.0807. The number of amides is 2. The summed E-state index contributed by atoms with van der Waals surface area (Å²) in [6.45, 7) is 6.29. The Balaban J connectivity index is 1.70. The molecule has 2 heterocycles. The van der Waals surface area contributed by atoms with E-state index in [9.17, 15) is 9.59 Å². The van der Waals surface area contributed by atoms with E-state index in [4.69, 9.17) is 0 Å². The highest BCUT2D eigenvalue weighted by atomic mass is 16.2. The molecule has 25 heavy (non-hydrogen) atoms. The van der Waals surface area contributed by atoms with Crippen molar-refractivity contribution in [2.24, 2.45) is 5.41 Å². The fourth-order valence-corrected chi connectivity index (χ4v) is 4.19. The second kappa shape index (κ2) is 9.05. The Morgan fingerprint density at radius 2 is 1.64 bits per heavy atom. The van der Waals surface area contributed by atoms with Gasteiger partial charge in [0.15, 0.2) is 0 Å². The summed E-state index contributed by atoms with van der Waals surface area (Å²) < 4.78 is 0. The second-order valence-electron chi connectivity index (χ2n) is 8.89. The minimum Gasteiger partial charge on any atom is -0.351 e. The van der Waals surface area contributed by atoms with Gasteiger partial charge in [0, 0.05) is 11.5 Å². The van der Waals surface area contributed by atoms with Crippen LogP contribution in [0.4, 0.5) is 0 Å². The van der Waals surface area contributed by atoms with Crippen LogP contribution in [0.25, 0.3) is 0 Å². The standard InChI is InChI=1S/C21H38N2O2/c1-4-5-6-7-8-9-10-11-14-20(2,3)18(24)23-21-15-12-17(13-16-21)22-19(21)25/h17H,4-16H2,1-3H3,(H,22,25)(H,23,24). The fourth-order valence-electron chi connectivity index (χ4n) is 4.19. The Hall–Kier alpha value is -1.06. The number of hydrogen-bond acceptors (Lipinski definition) is 2. The molecule has 3 aliphatic rings. The second-order valence-corrected chi connectivity index (χ2v) is 8.89. The molecule has 2 bridgehead atoms. The maximum atomic E-state index is 12.8. The number of piperidine rings is 2. The lowest BCUT2D eigenvalue weighted by Gasteiger charge is -2.47. The molecule has 144 valence electrons. The lowest BCUT2D eigenvalue weighted by Crippen LogP contribution is -2.68. The number of nitrogens with one attached hydrogen (secondary N) is 2. The largest absolute Gasteiger partial charge is 0.351 e. The minimum absolute atomic E-state index is 0.0335. The molecule has 4 nitrogen and oxygen atoms in total. The Morgan fingerprint density at radius 1 is 1.08 bits per heavy atom. The van der Waals surface area contributed by atoms with E-state index in [1.165, 1.54) is 44.9 Å². The molecular formula is C21H38N2O2. The Bertz CT molecular complexity index is 451. The third kappa shape index (κ3) is 5.46. The van der Waals surface area contributed by atoms with Crippen LogP contribution in [-0.2, 0) is 9.59 Å². The molecule has 2 amide bonds. The van der Waals surface area contributed by atoms with Gasteiger partial charge in [-0.15, -0.1) is 0 Å². The van der Waals surface area contributed by atoms with Crippen molar-refractivity contribution in [3.63, 3.8) is 0 Å². The Morgan fingerprint density at radius 3 is 2.20 bits per heavy atom. The normalized spacial score (nSPS) is 25.7. The molecule has 4 heteroatoms. The predicted octanol–water partition coefficient (Wildman–Crippen LogP) is 4.47. The van der Waals surface area contributed by atoms with E-state index < -0.39 is 11.0 Å². The summed E-state index contributed by atoms with van der Waals surface area (Å²) in [6.07, 6.45) is 14.7. The summed E-state index contributed by atoms with van der Waals surface area (Å²) in [7, 11) is 0. The van der Waals surface area contributed by atoms with Crippen LogP contribution in [0.5, 0.6) is 0 Å². The first-order chi connectivity index (χ1) is 11.9. The number of unbranched alkanes of at least 4 members (excludes halogenated alkanes) is 7. The van der Waals surface area contributed by atoms with Gasteiger partial charge in [-0.05, 0) is 32.1 Å². The zero-order chi connectivity index (χ0) is 18.3. The molecule has 0 unspecified atom stereocenters. The Labute approximate surface area is 153 Å². The summed E-state index contributed by atoms with van der Waals surface area (Å²) >= 11 is 0. The number of fused-ring (bicyclic) bond motifs is 3. The van der Waals surface area contributed by atoms with Crippen LogP contribution < -0.4 is 10.6 Å². The smallest absolute Gasteiger partial charge is 0.245 e. The highest BCUT2D eigenvalue weighted by Crippen LogP contribution is 2.35. The van der Waals surface area contributed by atoms with Crippen molar-refractivity contribution in [3.8, 4) is 0 Å². The van der Waals surface area contributed by atoms with E-state index in [1.54, 1.807) is 0 Å². The number of hydrogen-bond donors (Lipinski definition) is 2. The van der Waals surface area contributed by atoms with Crippen LogP contribution in [0.15, 0.2) is 0 Å². The first-order valence-corrected chi connectivity index (χ1v) is 10.5. The fraction of sp³-hybridized carbons (Fsp3) is 0.905. The van der Waals surface area contributed by atoms with Crippen molar-refractivity contribution in [2.75, 3.05) is 0 Å². The van der Waals surface area contributed by atoms with Gasteiger partial charge >= 0.3 is 0 Å². The maximum Gasteiger partial charge on any atom is 0.245 e. The van der Waals surface area contributed by atoms with E-state index in [1.807, 2.05) is 13.8 Å². The van der Waals surface area contributed by atoms with Gasteiger partial charge in [0.1, 0.15) is 5.54 Å². The zero-order valence-corrected chi connectivity index (χ0v) is 16.6. The van der Waals surface area contributed by atoms with Crippen LogP contribution in [0.1, 0.15) is 104 Å². The van der Waals surface area contributed by atoms with Crippen LogP contribution >= 0.6 is 0 Å². The first kappa shape index (κ1) is 20.3. The van der Waals surface area contributed by atoms with Gasteiger partial charge in [-0.3, -0.25) is 9.59 Å². The number of rotatable bonds is 11. The first-order valence-electron chi connectivity index (χ1n) is 10.5. The van der Waals surface area contributed by atoms with E-state index in [-0.39, 0.29) is 11.8 Å². The van der Waals surface area contributed by atoms with Crippen LogP contribution in [0, 0.1) is 5.41 Å². The minimum atomic E-state index is -0.637. The van der Waals surface area contributed by atoms with E-state index >= 15 is 0 Å². The van der Waals surface area contributed by atoms with E-state index in [0.717, 1.165) is 38.5 Å². The van der Waals surface area contributed by atoms with Crippen LogP contribution in [-0.4, -0.2) is 23.4 Å². The van der Waals surface area contributed by atoms with E-state index in [2.05, 4.69) is 17.6 Å². The SMILES string of the molecule is CCCCCCCCCCC(C)(C)C(=O)NC12CCC(CC1)NC2=O. The molecule has 2 N–H and O–H groups in total. The average Bonchev–Trinajstić information content (AvgIpc) is 2.58. The van der Waals surface area contributed by atoms with Crippen molar-refractivity contribution >= 4 is 11.8 Å². The molecule has 0 radical (unpaired) electrons. The highest BCUT2D eigenvalue weighted by Gasteiger charge is 2.49. The lowest BCUT2D eigenvalue weighted by atomic mass is 9.73. The molecule has 0 aromatic heterocycles. The maximum absolute atomic E-state index is 12.8. The third-order valence-corrected chi connectivity index (χ3v) is 6.23. The van der Waals surface area contributed by atoms with Gasteiger partial charge in [0.05, 0.1) is 0 Å². The lowest BCUT2D eigenvalue weighted by molar-refractivity contribution is -0.143. The number of carbonyl (C=O) groups excluding carboxylic acids is 2. The van der Waals surface area contributed by atoms with E-state index in [0.29, 0.717) is 6.04 Å². The highest BCUT2D eigenvalue weighted by molar-refractivity contribution is 5.94. The number of carbonyl (C=O) groups is 2. The van der Waals surface area contributed by atoms with Crippen molar-refractivity contribution in [2.45, 2.75) is 116 Å². The van der Waals surface area contributed by atoms with Crippen molar-refractivity contribution < 1.29 is 9.59 Å². The molecule has 0 spiro atoms. The zero-order valence-electron chi connectivity index (χ0n) is 16.6. The molecule has 0 aromatic rings. The summed E-state index contributed by atoms with van der Waals surface area (Å²) in [5, 5.41) is 6.17. The molecule has 1 aliphatic carbocycles. The molecule has 0 atom stereocenters. The Kier molecular flexibility index (Phi) is 7.33. The molecule has 3 fully saturated rings.